The lowest BCUT2D eigenvalue weighted by Crippen LogP contribution is -2.40. The molecule has 0 fully saturated rings. The molecular weight excluding hydrogens is 356 g/mol. The Morgan fingerprint density at radius 2 is 1.88 bits per heavy atom. The van der Waals surface area contributed by atoms with Crippen molar-refractivity contribution in [3.8, 4) is 11.5 Å². The van der Waals surface area contributed by atoms with Gasteiger partial charge >= 0.3 is 0 Å². The van der Waals surface area contributed by atoms with Gasteiger partial charge in [0.25, 0.3) is 11.8 Å². The summed E-state index contributed by atoms with van der Waals surface area (Å²) in [5.74, 6) is 0.211. The zero-order valence-corrected chi connectivity index (χ0v) is 15.2. The van der Waals surface area contributed by atoms with Crippen LogP contribution in [0.3, 0.4) is 0 Å². The fourth-order valence-electron chi connectivity index (χ4n) is 2.11. The van der Waals surface area contributed by atoms with E-state index >= 15 is 0 Å². The molecule has 0 unspecified atom stereocenters. The maximum Gasteiger partial charge on any atom is 0.271 e. The summed E-state index contributed by atoms with van der Waals surface area (Å²) in [6.07, 6.45) is 2.89. The molecule has 0 aliphatic heterocycles. The largest absolute Gasteiger partial charge is 0.493 e. The Hall–Kier alpha value is -2.99. The molecule has 0 aliphatic rings. The second-order valence-corrected chi connectivity index (χ2v) is 5.51. The number of amides is 2. The van der Waals surface area contributed by atoms with E-state index in [0.29, 0.717) is 23.1 Å². The maximum atomic E-state index is 12.0. The first kappa shape index (κ1) is 19.3. The van der Waals surface area contributed by atoms with Gasteiger partial charge in [-0.15, -0.1) is 0 Å². The lowest BCUT2D eigenvalue weighted by molar-refractivity contribution is -0.117. The standard InChI is InChI=1S/C19H19ClN2O4/c1-3-26-16-10-8-13(12-17(16)25-2)9-11-18(23)21-22-19(24)14-6-4-5-7-15(14)20/h4-12H,3H2,1-2H3,(H,21,23)(H,22,24)/b11-9+. The van der Waals surface area contributed by atoms with E-state index in [1.807, 2.05) is 6.92 Å². The Labute approximate surface area is 156 Å². The van der Waals surface area contributed by atoms with Crippen LogP contribution in [0.5, 0.6) is 11.5 Å². The summed E-state index contributed by atoms with van der Waals surface area (Å²) in [4.78, 5) is 23.8. The van der Waals surface area contributed by atoms with Crippen LogP contribution in [0.15, 0.2) is 48.5 Å². The molecule has 0 aliphatic carbocycles. The Kier molecular flexibility index (Phi) is 7.05. The highest BCUT2D eigenvalue weighted by atomic mass is 35.5. The number of carbonyl (C=O) groups excluding carboxylic acids is 2. The van der Waals surface area contributed by atoms with Crippen molar-refractivity contribution < 1.29 is 19.1 Å². The molecule has 0 saturated carbocycles. The van der Waals surface area contributed by atoms with Crippen molar-refractivity contribution in [2.24, 2.45) is 0 Å². The summed E-state index contributed by atoms with van der Waals surface area (Å²) < 4.78 is 10.7. The van der Waals surface area contributed by atoms with Crippen LogP contribution >= 0.6 is 11.6 Å². The van der Waals surface area contributed by atoms with E-state index in [-0.39, 0.29) is 5.56 Å². The number of halogens is 1. The van der Waals surface area contributed by atoms with Gasteiger partial charge in [-0.1, -0.05) is 29.8 Å². The normalized spacial score (nSPS) is 10.4. The van der Waals surface area contributed by atoms with E-state index < -0.39 is 11.8 Å². The number of methoxy groups -OCH3 is 1. The van der Waals surface area contributed by atoms with Crippen molar-refractivity contribution in [2.75, 3.05) is 13.7 Å². The number of benzene rings is 2. The molecule has 0 spiro atoms. The fourth-order valence-corrected chi connectivity index (χ4v) is 2.33. The minimum absolute atomic E-state index is 0.273. The minimum Gasteiger partial charge on any atom is -0.493 e. The van der Waals surface area contributed by atoms with Gasteiger partial charge < -0.3 is 9.47 Å². The van der Waals surface area contributed by atoms with Gasteiger partial charge in [-0.05, 0) is 42.8 Å². The topological polar surface area (TPSA) is 76.7 Å². The van der Waals surface area contributed by atoms with Gasteiger partial charge in [0.05, 0.1) is 24.3 Å². The zero-order chi connectivity index (χ0) is 18.9. The van der Waals surface area contributed by atoms with E-state index in [0.717, 1.165) is 5.56 Å². The molecule has 7 heteroatoms. The molecule has 2 rings (SSSR count). The third-order valence-corrected chi connectivity index (χ3v) is 3.66. The third-order valence-electron chi connectivity index (χ3n) is 3.33. The third kappa shape index (κ3) is 5.26. The summed E-state index contributed by atoms with van der Waals surface area (Å²) in [5.41, 5.74) is 5.63. The molecule has 2 amide bonds. The first-order valence-electron chi connectivity index (χ1n) is 7.89. The Balaban J connectivity index is 1.95. The van der Waals surface area contributed by atoms with Crippen LogP contribution in [0.1, 0.15) is 22.8 Å². The number of nitrogens with one attached hydrogen (secondary N) is 2. The van der Waals surface area contributed by atoms with Crippen molar-refractivity contribution in [3.05, 3.63) is 64.7 Å². The summed E-state index contributed by atoms with van der Waals surface area (Å²) in [5, 5.41) is 0.302. The molecule has 2 aromatic rings. The molecule has 6 nitrogen and oxygen atoms in total. The number of hydrogen-bond donors (Lipinski definition) is 2. The summed E-state index contributed by atoms with van der Waals surface area (Å²) in [6, 6.07) is 11.9. The molecule has 2 N–H and O–H groups in total. The zero-order valence-electron chi connectivity index (χ0n) is 14.4. The molecule has 0 aromatic heterocycles. The number of hydrogen-bond acceptors (Lipinski definition) is 4. The predicted molar refractivity (Wildman–Crippen MR) is 100 cm³/mol. The first-order chi connectivity index (χ1) is 12.5. The average Bonchev–Trinajstić information content (AvgIpc) is 2.65. The van der Waals surface area contributed by atoms with Crippen LogP contribution in [0.2, 0.25) is 5.02 Å². The summed E-state index contributed by atoms with van der Waals surface area (Å²) >= 11 is 5.93. The van der Waals surface area contributed by atoms with E-state index in [9.17, 15) is 9.59 Å². The Morgan fingerprint density at radius 1 is 1.12 bits per heavy atom. The Morgan fingerprint density at radius 3 is 2.58 bits per heavy atom. The highest BCUT2D eigenvalue weighted by molar-refractivity contribution is 6.33. The van der Waals surface area contributed by atoms with Crippen molar-refractivity contribution in [2.45, 2.75) is 6.92 Å². The average molecular weight is 375 g/mol. The van der Waals surface area contributed by atoms with E-state index in [4.69, 9.17) is 21.1 Å². The smallest absolute Gasteiger partial charge is 0.271 e. The molecule has 26 heavy (non-hydrogen) atoms. The molecular formula is C19H19ClN2O4. The summed E-state index contributed by atoms with van der Waals surface area (Å²) in [7, 11) is 1.54. The highest BCUT2D eigenvalue weighted by Gasteiger charge is 2.09. The van der Waals surface area contributed by atoms with Crippen LogP contribution in [-0.4, -0.2) is 25.5 Å². The van der Waals surface area contributed by atoms with Gasteiger partial charge in [0.15, 0.2) is 11.5 Å². The summed E-state index contributed by atoms with van der Waals surface area (Å²) in [6.45, 7) is 2.41. The number of rotatable bonds is 6. The van der Waals surface area contributed by atoms with Gasteiger partial charge in [-0.3, -0.25) is 20.4 Å². The number of carbonyl (C=O) groups is 2. The molecule has 0 bridgehead atoms. The van der Waals surface area contributed by atoms with Crippen LogP contribution in [0.4, 0.5) is 0 Å². The maximum absolute atomic E-state index is 12.0. The van der Waals surface area contributed by atoms with Crippen molar-refractivity contribution in [1.82, 2.24) is 10.9 Å². The quantitative estimate of drug-likeness (QED) is 0.601. The second kappa shape index (κ2) is 9.48. The van der Waals surface area contributed by atoms with Gasteiger partial charge in [-0.25, -0.2) is 0 Å². The molecule has 0 saturated heterocycles. The molecule has 136 valence electrons. The van der Waals surface area contributed by atoms with E-state index in [1.54, 1.807) is 55.7 Å². The predicted octanol–water partition coefficient (Wildman–Crippen LogP) is 3.22. The molecule has 0 radical (unpaired) electrons. The fraction of sp³-hybridized carbons (Fsp3) is 0.158. The van der Waals surface area contributed by atoms with Crippen LogP contribution in [0.25, 0.3) is 6.08 Å². The minimum atomic E-state index is -0.500. The lowest BCUT2D eigenvalue weighted by atomic mass is 10.2. The number of ether oxygens (including phenoxy) is 2. The molecule has 0 atom stereocenters. The Bertz CT molecular complexity index is 821. The lowest BCUT2D eigenvalue weighted by Gasteiger charge is -2.09. The van der Waals surface area contributed by atoms with Crippen molar-refractivity contribution in [3.63, 3.8) is 0 Å². The van der Waals surface area contributed by atoms with Gasteiger partial charge in [0.1, 0.15) is 0 Å². The van der Waals surface area contributed by atoms with Gasteiger partial charge in [0, 0.05) is 6.08 Å². The van der Waals surface area contributed by atoms with Crippen LogP contribution in [-0.2, 0) is 4.79 Å². The molecule has 0 heterocycles. The second-order valence-electron chi connectivity index (χ2n) is 5.10. The van der Waals surface area contributed by atoms with Gasteiger partial charge in [0.2, 0.25) is 0 Å². The number of hydrazine groups is 1. The molecule has 2 aromatic carbocycles. The van der Waals surface area contributed by atoms with Gasteiger partial charge in [-0.2, -0.15) is 0 Å². The monoisotopic (exact) mass is 374 g/mol. The first-order valence-corrected chi connectivity index (χ1v) is 8.26. The van der Waals surface area contributed by atoms with E-state index in [2.05, 4.69) is 10.9 Å². The SMILES string of the molecule is CCOc1ccc(/C=C/C(=O)NNC(=O)c2ccccc2Cl)cc1OC. The van der Waals surface area contributed by atoms with Crippen LogP contribution < -0.4 is 20.3 Å². The highest BCUT2D eigenvalue weighted by Crippen LogP contribution is 2.28. The van der Waals surface area contributed by atoms with Crippen LogP contribution in [0, 0.1) is 0 Å². The van der Waals surface area contributed by atoms with E-state index in [1.165, 1.54) is 6.08 Å². The van der Waals surface area contributed by atoms with Crippen molar-refractivity contribution >= 4 is 29.5 Å². The van der Waals surface area contributed by atoms with Crippen molar-refractivity contribution in [1.29, 1.82) is 0 Å².